The number of alkyl halides is 3. The summed E-state index contributed by atoms with van der Waals surface area (Å²) < 4.78 is 31.7. The number of carboxylic acids is 1. The molecule has 33 heavy (non-hydrogen) atoms. The van der Waals surface area contributed by atoms with E-state index >= 15 is 0 Å². The predicted molar refractivity (Wildman–Crippen MR) is 117 cm³/mol. The van der Waals surface area contributed by atoms with Crippen molar-refractivity contribution in [2.75, 3.05) is 16.8 Å². The topological polar surface area (TPSA) is 108 Å². The zero-order valence-electron chi connectivity index (χ0n) is 17.1. The first-order valence-electron chi connectivity index (χ1n) is 9.49. The normalized spacial score (nSPS) is 12.9. The van der Waals surface area contributed by atoms with Gasteiger partial charge in [0.25, 0.3) is 5.91 Å². The van der Waals surface area contributed by atoms with Crippen molar-refractivity contribution in [3.05, 3.63) is 57.0 Å². The van der Waals surface area contributed by atoms with Gasteiger partial charge in [-0.1, -0.05) is 17.7 Å². The van der Waals surface area contributed by atoms with Crippen molar-refractivity contribution >= 4 is 52.1 Å². The molecule has 0 radical (unpaired) electrons. The van der Waals surface area contributed by atoms with E-state index in [0.29, 0.717) is 15.7 Å². The van der Waals surface area contributed by atoms with E-state index < -0.39 is 12.1 Å². The Labute approximate surface area is 195 Å². The highest BCUT2D eigenvalue weighted by Gasteiger charge is 2.38. The van der Waals surface area contributed by atoms with Gasteiger partial charge in [0.05, 0.1) is 5.69 Å². The third-order valence-corrected chi connectivity index (χ3v) is 5.64. The maximum atomic E-state index is 12.6. The Morgan fingerprint density at radius 2 is 1.94 bits per heavy atom. The number of carbonyl (C=O) groups excluding carboxylic acids is 1. The van der Waals surface area contributed by atoms with E-state index in [1.807, 2.05) is 24.0 Å². The molecule has 0 saturated carbocycles. The summed E-state index contributed by atoms with van der Waals surface area (Å²) >= 11 is 7.39. The van der Waals surface area contributed by atoms with Crippen molar-refractivity contribution in [1.82, 2.24) is 15.2 Å². The molecule has 1 aliphatic rings. The standard InChI is InChI=1S/C18H16ClN5OS.C2HF3O2/c1-11-7-8-15(23-22-11)24-9-3-6-14-16(24)21-18(26-14)17(25)20-13-5-2-4-12(19)10-13;3-2(4,5)1(6)7/h2,4-5,7-8,10H,3,6,9H2,1H3,(H,20,25);(H,6,7). The minimum Gasteiger partial charge on any atom is -0.475 e. The van der Waals surface area contributed by atoms with Crippen molar-refractivity contribution in [1.29, 1.82) is 0 Å². The third-order valence-electron chi connectivity index (χ3n) is 4.30. The van der Waals surface area contributed by atoms with Gasteiger partial charge in [-0.2, -0.15) is 18.3 Å². The second-order valence-corrected chi connectivity index (χ2v) is 8.34. The highest BCUT2D eigenvalue weighted by Crippen LogP contribution is 2.35. The maximum absolute atomic E-state index is 12.6. The Hall–Kier alpha value is -3.25. The van der Waals surface area contributed by atoms with E-state index in [0.717, 1.165) is 41.6 Å². The summed E-state index contributed by atoms with van der Waals surface area (Å²) in [6, 6.07) is 10.9. The summed E-state index contributed by atoms with van der Waals surface area (Å²) in [5, 5.41) is 19.4. The van der Waals surface area contributed by atoms with E-state index in [2.05, 4.69) is 20.5 Å². The van der Waals surface area contributed by atoms with Gasteiger partial charge in [0.15, 0.2) is 10.8 Å². The fourth-order valence-electron chi connectivity index (χ4n) is 2.83. The Morgan fingerprint density at radius 3 is 2.55 bits per heavy atom. The average Bonchev–Trinajstić information content (AvgIpc) is 3.19. The van der Waals surface area contributed by atoms with Crippen molar-refractivity contribution in [3.63, 3.8) is 0 Å². The van der Waals surface area contributed by atoms with E-state index in [9.17, 15) is 18.0 Å². The molecule has 8 nitrogen and oxygen atoms in total. The lowest BCUT2D eigenvalue weighted by Crippen LogP contribution is -2.25. The lowest BCUT2D eigenvalue weighted by molar-refractivity contribution is -0.192. The van der Waals surface area contributed by atoms with Crippen LogP contribution in [0.25, 0.3) is 0 Å². The van der Waals surface area contributed by atoms with Crippen molar-refractivity contribution in [2.45, 2.75) is 25.9 Å². The molecular formula is C20H17ClF3N5O3S. The zero-order valence-corrected chi connectivity index (χ0v) is 18.6. The van der Waals surface area contributed by atoms with Gasteiger partial charge in [-0.25, -0.2) is 9.78 Å². The van der Waals surface area contributed by atoms with Crippen LogP contribution in [0.5, 0.6) is 0 Å². The summed E-state index contributed by atoms with van der Waals surface area (Å²) in [6.45, 7) is 2.71. The number of aryl methyl sites for hydroxylation is 2. The predicted octanol–water partition coefficient (Wildman–Crippen LogP) is 4.86. The first-order valence-corrected chi connectivity index (χ1v) is 10.7. The number of hydrogen-bond acceptors (Lipinski definition) is 7. The number of amides is 1. The molecule has 2 aromatic heterocycles. The van der Waals surface area contributed by atoms with Crippen LogP contribution in [0.4, 0.5) is 30.5 Å². The van der Waals surface area contributed by atoms with Crippen LogP contribution < -0.4 is 10.2 Å². The molecule has 174 valence electrons. The van der Waals surface area contributed by atoms with Gasteiger partial charge >= 0.3 is 12.1 Å². The van der Waals surface area contributed by atoms with Gasteiger partial charge in [0.1, 0.15) is 5.82 Å². The van der Waals surface area contributed by atoms with Crippen LogP contribution in [-0.2, 0) is 11.2 Å². The van der Waals surface area contributed by atoms with Gasteiger partial charge in [-0.3, -0.25) is 4.79 Å². The smallest absolute Gasteiger partial charge is 0.475 e. The van der Waals surface area contributed by atoms with Crippen LogP contribution >= 0.6 is 22.9 Å². The first-order chi connectivity index (χ1) is 15.5. The molecule has 1 aromatic carbocycles. The summed E-state index contributed by atoms with van der Waals surface area (Å²) in [5.41, 5.74) is 1.52. The molecule has 0 unspecified atom stereocenters. The van der Waals surface area contributed by atoms with Crippen LogP contribution in [0.15, 0.2) is 36.4 Å². The van der Waals surface area contributed by atoms with E-state index in [4.69, 9.17) is 21.5 Å². The summed E-state index contributed by atoms with van der Waals surface area (Å²) in [6.07, 6.45) is -3.19. The van der Waals surface area contributed by atoms with Gasteiger partial charge in [0, 0.05) is 22.1 Å². The molecule has 2 N–H and O–H groups in total. The number of aromatic nitrogens is 3. The largest absolute Gasteiger partial charge is 0.490 e. The summed E-state index contributed by atoms with van der Waals surface area (Å²) in [7, 11) is 0. The minimum absolute atomic E-state index is 0.235. The fraction of sp³-hybridized carbons (Fsp3) is 0.250. The number of carbonyl (C=O) groups is 2. The SMILES string of the molecule is Cc1ccc(N2CCCc3sc(C(=O)Nc4cccc(Cl)c4)nc32)nn1.O=C(O)C(F)(F)F. The van der Waals surface area contributed by atoms with Crippen molar-refractivity contribution in [3.8, 4) is 0 Å². The fourth-order valence-corrected chi connectivity index (χ4v) is 4.02. The highest BCUT2D eigenvalue weighted by molar-refractivity contribution is 7.14. The van der Waals surface area contributed by atoms with Crippen LogP contribution in [0, 0.1) is 6.92 Å². The molecule has 0 atom stereocenters. The van der Waals surface area contributed by atoms with Gasteiger partial charge < -0.3 is 15.3 Å². The number of thiazole rings is 1. The lowest BCUT2D eigenvalue weighted by atomic mass is 10.2. The Morgan fingerprint density at radius 1 is 1.21 bits per heavy atom. The van der Waals surface area contributed by atoms with Gasteiger partial charge in [-0.15, -0.1) is 16.4 Å². The first kappa shape index (κ1) is 24.4. The molecule has 1 aliphatic heterocycles. The second kappa shape index (κ2) is 10.1. The molecule has 0 aliphatic carbocycles. The van der Waals surface area contributed by atoms with Gasteiger partial charge in [0.2, 0.25) is 0 Å². The highest BCUT2D eigenvalue weighted by atomic mass is 35.5. The van der Waals surface area contributed by atoms with E-state index in [1.54, 1.807) is 24.3 Å². The molecule has 0 bridgehead atoms. The number of aliphatic carboxylic acids is 1. The Kier molecular flexibility index (Phi) is 7.49. The molecular weight excluding hydrogens is 483 g/mol. The number of fused-ring (bicyclic) bond motifs is 1. The number of halogens is 4. The van der Waals surface area contributed by atoms with E-state index in [-0.39, 0.29) is 5.91 Å². The number of rotatable bonds is 3. The number of nitrogens with zero attached hydrogens (tertiary/aromatic N) is 4. The molecule has 13 heteroatoms. The molecule has 4 rings (SSSR count). The van der Waals surface area contributed by atoms with Crippen molar-refractivity contribution < 1.29 is 27.9 Å². The number of carboxylic acid groups (broad SMARTS) is 1. The summed E-state index contributed by atoms with van der Waals surface area (Å²) in [5.74, 6) is -1.44. The molecule has 1 amide bonds. The summed E-state index contributed by atoms with van der Waals surface area (Å²) in [4.78, 5) is 29.2. The van der Waals surface area contributed by atoms with Crippen LogP contribution in [0.2, 0.25) is 5.02 Å². The van der Waals surface area contributed by atoms with Crippen LogP contribution in [-0.4, -0.2) is 44.9 Å². The molecule has 3 heterocycles. The zero-order chi connectivity index (χ0) is 24.2. The molecule has 0 saturated heterocycles. The van der Waals surface area contributed by atoms with E-state index in [1.165, 1.54) is 11.3 Å². The molecule has 3 aromatic rings. The number of benzene rings is 1. The van der Waals surface area contributed by atoms with Crippen LogP contribution in [0.3, 0.4) is 0 Å². The Balaban J connectivity index is 0.000000383. The average molecular weight is 500 g/mol. The van der Waals surface area contributed by atoms with Gasteiger partial charge in [-0.05, 0) is 50.1 Å². The third kappa shape index (κ3) is 6.39. The monoisotopic (exact) mass is 499 g/mol. The van der Waals surface area contributed by atoms with Crippen LogP contribution in [0.1, 0.15) is 26.8 Å². The minimum atomic E-state index is -5.08. The number of anilines is 3. The Bertz CT molecular complexity index is 1150. The number of hydrogen-bond donors (Lipinski definition) is 2. The lowest BCUT2D eigenvalue weighted by Gasteiger charge is -2.25. The molecule has 0 spiro atoms. The molecule has 0 fully saturated rings. The second-order valence-electron chi connectivity index (χ2n) is 6.82. The number of nitrogens with one attached hydrogen (secondary N) is 1. The quantitative estimate of drug-likeness (QED) is 0.529. The maximum Gasteiger partial charge on any atom is 0.490 e. The van der Waals surface area contributed by atoms with Crippen molar-refractivity contribution in [2.24, 2.45) is 0 Å².